The summed E-state index contributed by atoms with van der Waals surface area (Å²) in [6.45, 7) is 5.95. The minimum Gasteiger partial charge on any atom is -0.494 e. The van der Waals surface area contributed by atoms with Crippen molar-refractivity contribution in [3.05, 3.63) is 117 Å². The number of nitrogens with one attached hydrogen (secondary N) is 2. The second-order valence-corrected chi connectivity index (χ2v) is 8.48. The first-order valence-corrected chi connectivity index (χ1v) is 12.1. The van der Waals surface area contributed by atoms with E-state index in [1.807, 2.05) is 37.3 Å². The molecule has 3 aromatic carbocycles. The second-order valence-electron chi connectivity index (χ2n) is 8.48. The summed E-state index contributed by atoms with van der Waals surface area (Å²) >= 11 is 0. The Labute approximate surface area is 219 Å². The van der Waals surface area contributed by atoms with Crippen LogP contribution in [0.25, 0.3) is 10.9 Å². The van der Waals surface area contributed by atoms with Crippen molar-refractivity contribution in [3.8, 4) is 5.75 Å². The monoisotopic (exact) mass is 512 g/mol. The third-order valence-corrected chi connectivity index (χ3v) is 5.85. The summed E-state index contributed by atoms with van der Waals surface area (Å²) in [5.74, 6) is -0.175. The molecule has 0 atom stereocenters. The zero-order valence-corrected chi connectivity index (χ0v) is 21.0. The van der Waals surface area contributed by atoms with Crippen molar-refractivity contribution in [3.63, 3.8) is 0 Å². The fraction of sp³-hybridized carbons (Fsp3) is 0.172. The van der Waals surface area contributed by atoms with E-state index in [9.17, 15) is 19.2 Å². The third-order valence-electron chi connectivity index (χ3n) is 5.85. The summed E-state index contributed by atoms with van der Waals surface area (Å²) in [5.41, 5.74) is 0.701. The van der Waals surface area contributed by atoms with E-state index in [-0.39, 0.29) is 35.5 Å². The van der Waals surface area contributed by atoms with E-state index in [1.165, 1.54) is 28.8 Å². The number of ether oxygens (including phenoxy) is 1. The number of allylic oxidation sites excluding steroid dienone is 1. The highest BCUT2D eigenvalue weighted by Gasteiger charge is 2.17. The van der Waals surface area contributed by atoms with Gasteiger partial charge in [-0.05, 0) is 55.0 Å². The summed E-state index contributed by atoms with van der Waals surface area (Å²) in [5, 5.41) is 5.80. The van der Waals surface area contributed by atoms with Gasteiger partial charge < -0.3 is 15.4 Å². The van der Waals surface area contributed by atoms with Crippen LogP contribution < -0.4 is 26.6 Å². The molecule has 0 aliphatic rings. The number of carbonyl (C=O) groups excluding carboxylic acids is 2. The van der Waals surface area contributed by atoms with Gasteiger partial charge in [-0.2, -0.15) is 0 Å². The molecule has 2 N–H and O–H groups in total. The highest BCUT2D eigenvalue weighted by molar-refractivity contribution is 5.98. The van der Waals surface area contributed by atoms with Crippen molar-refractivity contribution in [1.29, 1.82) is 0 Å². The molecule has 0 spiro atoms. The first-order valence-electron chi connectivity index (χ1n) is 12.1. The van der Waals surface area contributed by atoms with Crippen LogP contribution in [0.2, 0.25) is 0 Å². The summed E-state index contributed by atoms with van der Waals surface area (Å²) in [4.78, 5) is 52.1. The first-order chi connectivity index (χ1) is 18.4. The van der Waals surface area contributed by atoms with E-state index >= 15 is 0 Å². The summed E-state index contributed by atoms with van der Waals surface area (Å²) in [6, 6.07) is 20.7. The third kappa shape index (κ3) is 5.89. The number of aromatic nitrogens is 2. The highest BCUT2D eigenvalue weighted by atomic mass is 16.5. The van der Waals surface area contributed by atoms with Crippen molar-refractivity contribution in [2.75, 3.05) is 11.9 Å². The Balaban J connectivity index is 1.66. The van der Waals surface area contributed by atoms with Crippen LogP contribution in [0.3, 0.4) is 0 Å². The van der Waals surface area contributed by atoms with Gasteiger partial charge in [0.2, 0.25) is 5.91 Å². The fourth-order valence-corrected chi connectivity index (χ4v) is 4.03. The van der Waals surface area contributed by atoms with Gasteiger partial charge in [0.05, 0.1) is 17.5 Å². The zero-order valence-electron chi connectivity index (χ0n) is 21.0. The lowest BCUT2D eigenvalue weighted by Gasteiger charge is -2.15. The summed E-state index contributed by atoms with van der Waals surface area (Å²) in [6.07, 6.45) is 1.43. The summed E-state index contributed by atoms with van der Waals surface area (Å²) in [7, 11) is 0. The first kappa shape index (κ1) is 26.2. The highest BCUT2D eigenvalue weighted by Crippen LogP contribution is 2.16. The predicted molar refractivity (Wildman–Crippen MR) is 147 cm³/mol. The van der Waals surface area contributed by atoms with Crippen LogP contribution in [0, 0.1) is 0 Å². The van der Waals surface area contributed by atoms with Gasteiger partial charge in [0.25, 0.3) is 11.5 Å². The van der Waals surface area contributed by atoms with E-state index in [0.717, 1.165) is 10.1 Å². The van der Waals surface area contributed by atoms with E-state index in [2.05, 4.69) is 17.2 Å². The molecule has 4 aromatic rings. The van der Waals surface area contributed by atoms with Crippen molar-refractivity contribution < 1.29 is 14.3 Å². The van der Waals surface area contributed by atoms with Crippen molar-refractivity contribution in [1.82, 2.24) is 14.5 Å². The Kier molecular flexibility index (Phi) is 8.17. The Bertz CT molecular complexity index is 1590. The number of amides is 2. The normalized spacial score (nSPS) is 10.7. The van der Waals surface area contributed by atoms with E-state index in [0.29, 0.717) is 24.6 Å². The minimum absolute atomic E-state index is 0.0204. The molecule has 0 fully saturated rings. The fourth-order valence-electron chi connectivity index (χ4n) is 4.03. The largest absolute Gasteiger partial charge is 0.494 e. The molecule has 1 aromatic heterocycles. The molecule has 0 radical (unpaired) electrons. The van der Waals surface area contributed by atoms with Gasteiger partial charge in [-0.25, -0.2) is 4.79 Å². The summed E-state index contributed by atoms with van der Waals surface area (Å²) < 4.78 is 7.62. The quantitative estimate of drug-likeness (QED) is 0.317. The van der Waals surface area contributed by atoms with Crippen LogP contribution in [0.4, 0.5) is 5.69 Å². The SMILES string of the molecule is C=CCn1c(=O)c2ccc(C(=O)NCc3ccccc3)cc2n(CC(=O)Nc2ccc(OCC)cc2)c1=O. The molecule has 38 heavy (non-hydrogen) atoms. The van der Waals surface area contributed by atoms with Crippen LogP contribution in [0.1, 0.15) is 22.8 Å². The maximum absolute atomic E-state index is 13.3. The number of hydrogen-bond acceptors (Lipinski definition) is 5. The Hall–Kier alpha value is -4.92. The molecular formula is C29H28N4O5. The van der Waals surface area contributed by atoms with Gasteiger partial charge in [-0.3, -0.25) is 23.5 Å². The average Bonchev–Trinajstić information content (AvgIpc) is 2.93. The maximum Gasteiger partial charge on any atom is 0.332 e. The zero-order chi connectivity index (χ0) is 27.1. The molecule has 9 heteroatoms. The van der Waals surface area contributed by atoms with Gasteiger partial charge in [-0.1, -0.05) is 36.4 Å². The van der Waals surface area contributed by atoms with Gasteiger partial charge in [-0.15, -0.1) is 6.58 Å². The number of fused-ring (bicyclic) bond motifs is 1. The van der Waals surface area contributed by atoms with Crippen LogP contribution in [0.15, 0.2) is 95.0 Å². The van der Waals surface area contributed by atoms with E-state index in [4.69, 9.17) is 4.74 Å². The molecule has 0 aliphatic heterocycles. The lowest BCUT2D eigenvalue weighted by atomic mass is 10.1. The number of benzene rings is 3. The second kappa shape index (κ2) is 11.9. The van der Waals surface area contributed by atoms with Gasteiger partial charge in [0.15, 0.2) is 0 Å². The molecule has 4 rings (SSSR count). The molecule has 9 nitrogen and oxygen atoms in total. The molecule has 1 heterocycles. The lowest BCUT2D eigenvalue weighted by molar-refractivity contribution is -0.116. The maximum atomic E-state index is 13.3. The standard InChI is InChI=1S/C29H28N4O5/c1-3-16-32-28(36)24-15-10-21(27(35)30-18-20-8-6-5-7-9-20)17-25(24)33(29(32)37)19-26(34)31-22-11-13-23(14-12-22)38-4-2/h3,5-15,17H,1,4,16,18-19H2,2H3,(H,30,35)(H,31,34). The van der Waals surface area contributed by atoms with Crippen LogP contribution >= 0.6 is 0 Å². The predicted octanol–water partition coefficient (Wildman–Crippen LogP) is 3.32. The van der Waals surface area contributed by atoms with Crippen molar-refractivity contribution in [2.45, 2.75) is 26.6 Å². The van der Waals surface area contributed by atoms with Gasteiger partial charge >= 0.3 is 5.69 Å². The molecule has 0 aliphatic carbocycles. The smallest absolute Gasteiger partial charge is 0.332 e. The number of carbonyl (C=O) groups is 2. The average molecular weight is 513 g/mol. The molecule has 194 valence electrons. The van der Waals surface area contributed by atoms with Gasteiger partial charge in [0.1, 0.15) is 12.3 Å². The Morgan fingerprint density at radius 2 is 1.71 bits per heavy atom. The van der Waals surface area contributed by atoms with Crippen LogP contribution in [-0.4, -0.2) is 27.6 Å². The molecule has 2 amide bonds. The number of anilines is 1. The van der Waals surface area contributed by atoms with Crippen molar-refractivity contribution in [2.24, 2.45) is 0 Å². The number of hydrogen-bond donors (Lipinski definition) is 2. The number of rotatable bonds is 10. The molecule has 0 bridgehead atoms. The van der Waals surface area contributed by atoms with Crippen LogP contribution in [-0.2, 0) is 24.4 Å². The molecular weight excluding hydrogens is 484 g/mol. The molecule has 0 saturated heterocycles. The van der Waals surface area contributed by atoms with E-state index < -0.39 is 17.2 Å². The van der Waals surface area contributed by atoms with Gasteiger partial charge in [0, 0.05) is 24.3 Å². The minimum atomic E-state index is -0.675. The Morgan fingerprint density at radius 3 is 2.39 bits per heavy atom. The lowest BCUT2D eigenvalue weighted by Crippen LogP contribution is -2.41. The van der Waals surface area contributed by atoms with Crippen molar-refractivity contribution >= 4 is 28.4 Å². The Morgan fingerprint density at radius 1 is 0.974 bits per heavy atom. The van der Waals surface area contributed by atoms with E-state index in [1.54, 1.807) is 24.3 Å². The molecule has 0 saturated carbocycles. The molecule has 0 unspecified atom stereocenters. The topological polar surface area (TPSA) is 111 Å². The van der Waals surface area contributed by atoms with Crippen LogP contribution in [0.5, 0.6) is 5.75 Å². The number of nitrogens with zero attached hydrogens (tertiary/aromatic N) is 2.